The third kappa shape index (κ3) is 2.68. The number of hydrogen-bond donors (Lipinski definition) is 3. The second kappa shape index (κ2) is 6.35. The van der Waals surface area contributed by atoms with E-state index in [9.17, 15) is 4.79 Å². The van der Waals surface area contributed by atoms with Gasteiger partial charge in [0.1, 0.15) is 16.2 Å². The largest absolute Gasteiger partial charge is 0.397 e. The number of nitrogens with two attached hydrogens (primary N) is 1. The summed E-state index contributed by atoms with van der Waals surface area (Å²) < 4.78 is 0. The lowest BCUT2D eigenvalue weighted by atomic mass is 10.1. The van der Waals surface area contributed by atoms with Crippen molar-refractivity contribution >= 4 is 44.0 Å². The Kier molecular flexibility index (Phi) is 3.92. The van der Waals surface area contributed by atoms with Crippen molar-refractivity contribution in [2.45, 2.75) is 6.92 Å². The van der Waals surface area contributed by atoms with Crippen LogP contribution in [0.2, 0.25) is 0 Å². The second-order valence-electron chi connectivity index (χ2n) is 7.44. The second-order valence-corrected chi connectivity index (χ2v) is 8.32. The van der Waals surface area contributed by atoms with E-state index >= 15 is 0 Å². The van der Waals surface area contributed by atoms with Crippen LogP contribution in [-0.4, -0.2) is 53.1 Å². The number of fused-ring (bicyclic) bond motifs is 2. The molecule has 4 aromatic rings. The van der Waals surface area contributed by atoms with Crippen LogP contribution < -0.4 is 16.2 Å². The predicted octanol–water partition coefficient (Wildman–Crippen LogP) is 2.78. The number of piperazine rings is 1. The molecule has 0 saturated carbocycles. The van der Waals surface area contributed by atoms with E-state index in [4.69, 9.17) is 5.73 Å². The Morgan fingerprint density at radius 2 is 1.96 bits per heavy atom. The van der Waals surface area contributed by atoms with Gasteiger partial charge >= 0.3 is 0 Å². The molecule has 28 heavy (non-hydrogen) atoms. The first-order valence-electron chi connectivity index (χ1n) is 9.34. The summed E-state index contributed by atoms with van der Waals surface area (Å²) in [5.74, 6) is 0.511. The number of nitrogen functional groups attached to an aromatic ring is 1. The number of H-pyrrole nitrogens is 2. The van der Waals surface area contributed by atoms with Crippen LogP contribution in [0, 0.1) is 6.92 Å². The summed E-state index contributed by atoms with van der Waals surface area (Å²) in [7, 11) is 2.15. The summed E-state index contributed by atoms with van der Waals surface area (Å²) in [5.41, 5.74) is 11.0. The lowest BCUT2D eigenvalue weighted by Gasteiger charge is -2.34. The Morgan fingerprint density at radius 3 is 2.75 bits per heavy atom. The molecule has 8 heteroatoms. The Hall–Kier alpha value is -2.84. The zero-order chi connectivity index (χ0) is 19.4. The lowest BCUT2D eigenvalue weighted by Crippen LogP contribution is -2.44. The number of aromatic nitrogens is 3. The molecule has 1 saturated heterocycles. The molecular weight excluding hydrogens is 372 g/mol. The van der Waals surface area contributed by atoms with Crippen molar-refractivity contribution in [2.75, 3.05) is 43.9 Å². The van der Waals surface area contributed by atoms with E-state index in [-0.39, 0.29) is 5.56 Å². The third-order valence-electron chi connectivity index (χ3n) is 5.54. The average Bonchev–Trinajstić information content (AvgIpc) is 3.25. The number of aromatic amines is 2. The number of nitrogens with one attached hydrogen (secondary N) is 2. The molecule has 0 atom stereocenters. The van der Waals surface area contributed by atoms with E-state index in [1.165, 1.54) is 17.0 Å². The first-order valence-corrected chi connectivity index (χ1v) is 10.2. The molecule has 0 unspecified atom stereocenters. The van der Waals surface area contributed by atoms with E-state index in [2.05, 4.69) is 43.9 Å². The van der Waals surface area contributed by atoms with Crippen molar-refractivity contribution in [3.05, 3.63) is 39.5 Å². The topological polar surface area (TPSA) is 94.0 Å². The first-order chi connectivity index (χ1) is 13.5. The van der Waals surface area contributed by atoms with Gasteiger partial charge in [0.15, 0.2) is 0 Å². The van der Waals surface area contributed by atoms with Crippen LogP contribution in [0.15, 0.2) is 28.4 Å². The number of nitrogens with zero attached hydrogens (tertiary/aromatic N) is 3. The molecule has 7 nitrogen and oxygen atoms in total. The summed E-state index contributed by atoms with van der Waals surface area (Å²) in [4.78, 5) is 29.1. The molecule has 0 radical (unpaired) electrons. The quantitative estimate of drug-likeness (QED) is 0.486. The maximum absolute atomic E-state index is 12.7. The van der Waals surface area contributed by atoms with Gasteiger partial charge in [0.2, 0.25) is 0 Å². The third-order valence-corrected chi connectivity index (χ3v) is 6.55. The highest BCUT2D eigenvalue weighted by molar-refractivity contribution is 7.17. The summed E-state index contributed by atoms with van der Waals surface area (Å²) in [6.45, 7) is 6.11. The molecular formula is C20H22N6OS. The predicted molar refractivity (Wildman–Crippen MR) is 116 cm³/mol. The minimum absolute atomic E-state index is 0.217. The average molecular weight is 395 g/mol. The standard InChI is InChI=1S/C20H22N6OS/c1-11-10-28-20-15(11)17(21)16(19(27)24-20)18-22-13-4-3-12(9-14(13)23-18)26-7-5-25(2)6-8-26/h3-4,9-10H,5-8H2,1-2H3,(H,22,23)(H3,21,24,27). The number of likely N-dealkylation sites (N-methyl/N-ethyl adjacent to an activating group) is 1. The van der Waals surface area contributed by atoms with Crippen LogP contribution >= 0.6 is 11.3 Å². The monoisotopic (exact) mass is 394 g/mol. The number of benzene rings is 1. The molecule has 0 spiro atoms. The van der Waals surface area contributed by atoms with E-state index in [1.54, 1.807) is 0 Å². The van der Waals surface area contributed by atoms with Gasteiger partial charge in [-0.25, -0.2) is 4.98 Å². The van der Waals surface area contributed by atoms with Gasteiger partial charge in [-0.3, -0.25) is 4.79 Å². The van der Waals surface area contributed by atoms with Gasteiger partial charge in [-0.15, -0.1) is 11.3 Å². The number of pyridine rings is 1. The van der Waals surface area contributed by atoms with Crippen molar-refractivity contribution in [1.29, 1.82) is 0 Å². The van der Waals surface area contributed by atoms with Gasteiger partial charge in [0, 0.05) is 37.3 Å². The van der Waals surface area contributed by atoms with Crippen LogP contribution in [-0.2, 0) is 0 Å². The van der Waals surface area contributed by atoms with E-state index in [0.29, 0.717) is 17.1 Å². The molecule has 144 valence electrons. The van der Waals surface area contributed by atoms with Crippen LogP contribution in [0.5, 0.6) is 0 Å². The van der Waals surface area contributed by atoms with E-state index < -0.39 is 0 Å². The number of imidazole rings is 1. The van der Waals surface area contributed by atoms with Gasteiger partial charge in [0.25, 0.3) is 5.56 Å². The minimum Gasteiger partial charge on any atom is -0.397 e. The highest BCUT2D eigenvalue weighted by atomic mass is 32.1. The van der Waals surface area contributed by atoms with Crippen LogP contribution in [0.1, 0.15) is 5.56 Å². The SMILES string of the molecule is Cc1csc2[nH]c(=O)c(-c3nc4ccc(N5CCN(C)CC5)cc4[nH]3)c(N)c12. The van der Waals surface area contributed by atoms with Gasteiger partial charge in [-0.1, -0.05) is 0 Å². The molecule has 3 aromatic heterocycles. The van der Waals surface area contributed by atoms with Crippen molar-refractivity contribution in [3.63, 3.8) is 0 Å². The highest BCUT2D eigenvalue weighted by Gasteiger charge is 2.19. The zero-order valence-corrected chi connectivity index (χ0v) is 16.7. The molecule has 0 aliphatic carbocycles. The van der Waals surface area contributed by atoms with Gasteiger partial charge in [-0.2, -0.15) is 0 Å². The molecule has 1 aliphatic heterocycles. The molecule has 1 aliphatic rings. The Balaban J connectivity index is 1.60. The maximum Gasteiger partial charge on any atom is 0.262 e. The number of anilines is 2. The van der Waals surface area contributed by atoms with Crippen molar-refractivity contribution in [1.82, 2.24) is 19.9 Å². The molecule has 0 bridgehead atoms. The van der Waals surface area contributed by atoms with Crippen molar-refractivity contribution in [2.24, 2.45) is 0 Å². The normalized spacial score (nSPS) is 15.7. The molecule has 5 rings (SSSR count). The number of rotatable bonds is 2. The lowest BCUT2D eigenvalue weighted by molar-refractivity contribution is 0.313. The fourth-order valence-electron chi connectivity index (χ4n) is 3.90. The zero-order valence-electron chi connectivity index (χ0n) is 15.9. The molecule has 1 aromatic carbocycles. The van der Waals surface area contributed by atoms with Crippen LogP contribution in [0.25, 0.3) is 32.6 Å². The molecule has 4 N–H and O–H groups in total. The minimum atomic E-state index is -0.217. The van der Waals surface area contributed by atoms with Gasteiger partial charge in [-0.05, 0) is 43.1 Å². The Morgan fingerprint density at radius 1 is 1.18 bits per heavy atom. The van der Waals surface area contributed by atoms with Crippen molar-refractivity contribution in [3.8, 4) is 11.4 Å². The fourth-order valence-corrected chi connectivity index (χ4v) is 4.85. The summed E-state index contributed by atoms with van der Waals surface area (Å²) >= 11 is 1.49. The highest BCUT2D eigenvalue weighted by Crippen LogP contribution is 2.33. The molecule has 4 heterocycles. The summed E-state index contributed by atoms with van der Waals surface area (Å²) in [6, 6.07) is 6.20. The number of thiophene rings is 1. The van der Waals surface area contributed by atoms with Gasteiger partial charge in [0.05, 0.1) is 16.7 Å². The summed E-state index contributed by atoms with van der Waals surface area (Å²) in [5, 5.41) is 2.90. The van der Waals surface area contributed by atoms with Crippen LogP contribution in [0.4, 0.5) is 11.4 Å². The number of aryl methyl sites for hydroxylation is 1. The van der Waals surface area contributed by atoms with Gasteiger partial charge < -0.3 is 25.5 Å². The first kappa shape index (κ1) is 17.3. The molecule has 1 fully saturated rings. The summed E-state index contributed by atoms with van der Waals surface area (Å²) in [6.07, 6.45) is 0. The van der Waals surface area contributed by atoms with Crippen LogP contribution in [0.3, 0.4) is 0 Å². The van der Waals surface area contributed by atoms with Crippen molar-refractivity contribution < 1.29 is 0 Å². The Bertz CT molecular complexity index is 1250. The Labute approximate surface area is 165 Å². The van der Waals surface area contributed by atoms with E-state index in [0.717, 1.165) is 53.0 Å². The molecule has 0 amide bonds. The number of hydrogen-bond acceptors (Lipinski definition) is 6. The fraction of sp³-hybridized carbons (Fsp3) is 0.300. The van der Waals surface area contributed by atoms with E-state index in [1.807, 2.05) is 18.4 Å². The smallest absolute Gasteiger partial charge is 0.262 e. The maximum atomic E-state index is 12.7.